The summed E-state index contributed by atoms with van der Waals surface area (Å²) < 4.78 is 1.78. The second-order valence-electron chi connectivity index (χ2n) is 6.48. The molecule has 3 heterocycles. The van der Waals surface area contributed by atoms with Gasteiger partial charge >= 0.3 is 0 Å². The van der Waals surface area contributed by atoms with E-state index in [-0.39, 0.29) is 5.91 Å². The van der Waals surface area contributed by atoms with Gasteiger partial charge in [-0.3, -0.25) is 9.69 Å². The summed E-state index contributed by atoms with van der Waals surface area (Å²) in [7, 11) is 3.76. The number of fused-ring (bicyclic) bond motifs is 1. The van der Waals surface area contributed by atoms with Crippen LogP contribution in [0.2, 0.25) is 0 Å². The summed E-state index contributed by atoms with van der Waals surface area (Å²) in [4.78, 5) is 15.9. The Morgan fingerprint density at radius 3 is 2.79 bits per heavy atom. The van der Waals surface area contributed by atoms with E-state index in [9.17, 15) is 4.79 Å². The van der Waals surface area contributed by atoms with Crippen LogP contribution in [0.15, 0.2) is 12.1 Å². The summed E-state index contributed by atoms with van der Waals surface area (Å²) in [5, 5.41) is 15.4. The third-order valence-corrected chi connectivity index (χ3v) is 4.68. The summed E-state index contributed by atoms with van der Waals surface area (Å²) in [5.41, 5.74) is 0.771. The topological polar surface area (TPSA) is 78.7 Å². The van der Waals surface area contributed by atoms with Crippen molar-refractivity contribution < 1.29 is 4.79 Å². The lowest BCUT2D eigenvalue weighted by Gasteiger charge is -2.33. The number of likely N-dealkylation sites (tertiary alicyclic amines) is 1. The zero-order valence-corrected chi connectivity index (χ0v) is 14.6. The zero-order chi connectivity index (χ0) is 17.1. The minimum Gasteiger partial charge on any atom is -0.358 e. The average Bonchev–Trinajstić information content (AvgIpc) is 2.97. The second-order valence-corrected chi connectivity index (χ2v) is 6.48. The first-order valence-electron chi connectivity index (χ1n) is 8.40. The van der Waals surface area contributed by atoms with Crippen molar-refractivity contribution in [3.05, 3.63) is 18.0 Å². The molecule has 0 bridgehead atoms. The Morgan fingerprint density at radius 2 is 2.08 bits per heavy atom. The zero-order valence-electron chi connectivity index (χ0n) is 14.6. The van der Waals surface area contributed by atoms with Crippen molar-refractivity contribution in [3.8, 4) is 0 Å². The van der Waals surface area contributed by atoms with E-state index in [1.807, 2.05) is 19.1 Å². The molecule has 1 N–H and O–H groups in total. The number of hydrogen-bond acceptors (Lipinski definition) is 6. The van der Waals surface area contributed by atoms with Gasteiger partial charge in [0.05, 0.1) is 6.54 Å². The normalized spacial score (nSPS) is 16.5. The molecule has 24 heavy (non-hydrogen) atoms. The Balaban J connectivity index is 1.56. The number of aryl methyl sites for hydroxylation is 1. The van der Waals surface area contributed by atoms with Crippen molar-refractivity contribution >= 4 is 17.4 Å². The van der Waals surface area contributed by atoms with E-state index in [1.54, 1.807) is 11.6 Å². The maximum atomic E-state index is 11.5. The Kier molecular flexibility index (Phi) is 4.94. The Morgan fingerprint density at radius 1 is 1.33 bits per heavy atom. The first-order chi connectivity index (χ1) is 11.6. The molecule has 1 fully saturated rings. The van der Waals surface area contributed by atoms with Gasteiger partial charge in [-0.15, -0.1) is 15.3 Å². The fourth-order valence-electron chi connectivity index (χ4n) is 3.18. The van der Waals surface area contributed by atoms with Gasteiger partial charge in [0.2, 0.25) is 5.91 Å². The number of carbonyl (C=O) groups is 1. The fraction of sp³-hybridized carbons (Fsp3) is 0.625. The lowest BCUT2D eigenvalue weighted by atomic mass is 9.96. The minimum atomic E-state index is 0.0902. The molecule has 0 saturated carbocycles. The number of nitrogens with one attached hydrogen (secondary N) is 1. The second kappa shape index (κ2) is 7.12. The predicted octanol–water partition coefficient (Wildman–Crippen LogP) is 0.327. The maximum Gasteiger partial charge on any atom is 0.233 e. The van der Waals surface area contributed by atoms with Crippen LogP contribution >= 0.6 is 0 Å². The van der Waals surface area contributed by atoms with Crippen LogP contribution in [0, 0.1) is 12.8 Å². The molecule has 8 nitrogen and oxygen atoms in total. The third-order valence-electron chi connectivity index (χ3n) is 4.68. The van der Waals surface area contributed by atoms with Gasteiger partial charge in [-0.05, 0) is 50.9 Å². The molecule has 1 aliphatic rings. The largest absolute Gasteiger partial charge is 0.358 e. The first kappa shape index (κ1) is 16.6. The highest BCUT2D eigenvalue weighted by Gasteiger charge is 2.22. The summed E-state index contributed by atoms with van der Waals surface area (Å²) in [6.07, 6.45) is 2.21. The monoisotopic (exact) mass is 331 g/mol. The van der Waals surface area contributed by atoms with E-state index in [4.69, 9.17) is 0 Å². The minimum absolute atomic E-state index is 0.0902. The molecular weight excluding hydrogens is 306 g/mol. The highest BCUT2D eigenvalue weighted by atomic mass is 16.1. The third kappa shape index (κ3) is 3.64. The predicted molar refractivity (Wildman–Crippen MR) is 92.0 cm³/mol. The molecule has 1 aliphatic heterocycles. The first-order valence-corrected chi connectivity index (χ1v) is 8.40. The highest BCUT2D eigenvalue weighted by Crippen LogP contribution is 2.20. The van der Waals surface area contributed by atoms with Crippen LogP contribution in [0.25, 0.3) is 5.65 Å². The van der Waals surface area contributed by atoms with Crippen molar-refractivity contribution in [3.63, 3.8) is 0 Å². The lowest BCUT2D eigenvalue weighted by Crippen LogP contribution is -2.42. The molecular formula is C16H25N7O. The quantitative estimate of drug-likeness (QED) is 0.850. The number of piperidine rings is 1. The maximum absolute atomic E-state index is 11.5. The molecule has 0 aliphatic carbocycles. The number of amides is 1. The molecule has 3 rings (SSSR count). The van der Waals surface area contributed by atoms with Crippen LogP contribution in [0.4, 0.5) is 5.82 Å². The molecule has 2 aromatic rings. The van der Waals surface area contributed by atoms with Gasteiger partial charge in [-0.25, -0.2) is 0 Å². The summed E-state index contributed by atoms with van der Waals surface area (Å²) in [5.74, 6) is 2.43. The van der Waals surface area contributed by atoms with Crippen LogP contribution in [0.5, 0.6) is 0 Å². The van der Waals surface area contributed by atoms with Crippen LogP contribution < -0.4 is 10.2 Å². The van der Waals surface area contributed by atoms with Crippen LogP contribution in [0.3, 0.4) is 0 Å². The van der Waals surface area contributed by atoms with E-state index in [2.05, 4.69) is 37.5 Å². The Labute approximate surface area is 141 Å². The van der Waals surface area contributed by atoms with Crippen molar-refractivity contribution in [1.29, 1.82) is 0 Å². The van der Waals surface area contributed by atoms with Gasteiger partial charge < -0.3 is 10.2 Å². The van der Waals surface area contributed by atoms with Gasteiger partial charge in [0.1, 0.15) is 5.82 Å². The van der Waals surface area contributed by atoms with Gasteiger partial charge in [0.15, 0.2) is 11.5 Å². The number of anilines is 1. The molecule has 130 valence electrons. The van der Waals surface area contributed by atoms with Crippen molar-refractivity contribution in [2.75, 3.05) is 45.2 Å². The standard InChI is InChI=1S/C16H25N7O/c1-12-18-19-14-4-5-15(20-23(12)14)21(3)10-13-6-8-22(9-7-13)11-16(24)17-2/h4-5,13H,6-11H2,1-3H3,(H,17,24). The Bertz CT molecular complexity index is 706. The molecule has 1 saturated heterocycles. The number of rotatable bonds is 5. The molecule has 1 amide bonds. The summed E-state index contributed by atoms with van der Waals surface area (Å²) in [6, 6.07) is 3.94. The van der Waals surface area contributed by atoms with Gasteiger partial charge in [0, 0.05) is 20.6 Å². The molecule has 0 aromatic carbocycles. The smallest absolute Gasteiger partial charge is 0.233 e. The highest BCUT2D eigenvalue weighted by molar-refractivity contribution is 5.77. The van der Waals surface area contributed by atoms with E-state index < -0.39 is 0 Å². The van der Waals surface area contributed by atoms with Crippen molar-refractivity contribution in [2.24, 2.45) is 5.92 Å². The van der Waals surface area contributed by atoms with Crippen LogP contribution in [-0.2, 0) is 4.79 Å². The molecule has 0 atom stereocenters. The Hall–Kier alpha value is -2.22. The number of aromatic nitrogens is 4. The van der Waals surface area contributed by atoms with Gasteiger partial charge in [-0.1, -0.05) is 0 Å². The molecule has 8 heteroatoms. The van der Waals surface area contributed by atoms with E-state index in [0.717, 1.165) is 49.8 Å². The van der Waals surface area contributed by atoms with Crippen LogP contribution in [0.1, 0.15) is 18.7 Å². The van der Waals surface area contributed by atoms with Crippen molar-refractivity contribution in [2.45, 2.75) is 19.8 Å². The van der Waals surface area contributed by atoms with E-state index >= 15 is 0 Å². The molecule has 0 spiro atoms. The fourth-order valence-corrected chi connectivity index (χ4v) is 3.18. The summed E-state index contributed by atoms with van der Waals surface area (Å²) in [6.45, 7) is 5.32. The van der Waals surface area contributed by atoms with Crippen molar-refractivity contribution in [1.82, 2.24) is 30.0 Å². The summed E-state index contributed by atoms with van der Waals surface area (Å²) >= 11 is 0. The molecule has 0 unspecified atom stereocenters. The molecule has 0 radical (unpaired) electrons. The van der Waals surface area contributed by atoms with Crippen LogP contribution in [-0.4, -0.2) is 70.9 Å². The number of carbonyl (C=O) groups excluding carboxylic acids is 1. The number of hydrogen-bond donors (Lipinski definition) is 1. The number of nitrogens with zero attached hydrogens (tertiary/aromatic N) is 6. The lowest BCUT2D eigenvalue weighted by molar-refractivity contribution is -0.122. The van der Waals surface area contributed by atoms with E-state index in [0.29, 0.717) is 12.5 Å². The molecule has 2 aromatic heterocycles. The SMILES string of the molecule is CNC(=O)CN1CCC(CN(C)c2ccc3nnc(C)n3n2)CC1. The van der Waals surface area contributed by atoms with Gasteiger partial charge in [0.25, 0.3) is 0 Å². The van der Waals surface area contributed by atoms with Gasteiger partial charge in [-0.2, -0.15) is 4.52 Å². The average molecular weight is 331 g/mol. The number of likely N-dealkylation sites (N-methyl/N-ethyl adjacent to an activating group) is 1. The van der Waals surface area contributed by atoms with E-state index in [1.165, 1.54) is 0 Å².